The van der Waals surface area contributed by atoms with Crippen molar-refractivity contribution in [1.29, 1.82) is 0 Å². The molecular formula is C22H22F3N3O3. The molecule has 9 heteroatoms. The summed E-state index contributed by atoms with van der Waals surface area (Å²) in [4.78, 5) is 29.9. The number of aryl methyl sites for hydroxylation is 1. The fraction of sp³-hybridized carbons (Fsp3) is 0.318. The van der Waals surface area contributed by atoms with Crippen LogP contribution in [0.4, 0.5) is 13.2 Å². The van der Waals surface area contributed by atoms with E-state index < -0.39 is 35.7 Å². The highest BCUT2D eigenvalue weighted by Gasteiger charge is 2.31. The molecule has 1 aliphatic rings. The molecule has 3 rings (SSSR count). The van der Waals surface area contributed by atoms with E-state index in [2.05, 4.69) is 15.8 Å². The van der Waals surface area contributed by atoms with Gasteiger partial charge in [-0.25, -0.2) is 0 Å². The molecule has 0 radical (unpaired) electrons. The standard InChI is InChI=1S/C22H22F3N3O3/c1-13-6-8-16(9-7-13)18-11-19(31-28-18)21(30)27-14(2)20(29)26-12-15-4-3-5-17(10-15)22(23,24)25/h3-10,14,19H,11-12H2,1-2H3,(H,26,29)(H,27,30)/t14-,19-/m0/s1. The zero-order valence-corrected chi connectivity index (χ0v) is 17.0. The van der Waals surface area contributed by atoms with Gasteiger partial charge >= 0.3 is 6.18 Å². The summed E-state index contributed by atoms with van der Waals surface area (Å²) < 4.78 is 38.4. The van der Waals surface area contributed by atoms with E-state index >= 15 is 0 Å². The Morgan fingerprint density at radius 2 is 1.90 bits per heavy atom. The van der Waals surface area contributed by atoms with Crippen LogP contribution >= 0.6 is 0 Å². The Hall–Kier alpha value is -3.36. The number of nitrogens with one attached hydrogen (secondary N) is 2. The number of alkyl halides is 3. The molecule has 2 atom stereocenters. The van der Waals surface area contributed by atoms with E-state index in [0.29, 0.717) is 11.3 Å². The van der Waals surface area contributed by atoms with E-state index in [-0.39, 0.29) is 13.0 Å². The summed E-state index contributed by atoms with van der Waals surface area (Å²) in [5.74, 6) is -1.02. The minimum Gasteiger partial charge on any atom is -0.382 e. The van der Waals surface area contributed by atoms with Crippen LogP contribution in [0.2, 0.25) is 0 Å². The third kappa shape index (κ3) is 5.84. The Morgan fingerprint density at radius 1 is 1.19 bits per heavy atom. The molecule has 6 nitrogen and oxygen atoms in total. The highest BCUT2D eigenvalue weighted by atomic mass is 19.4. The van der Waals surface area contributed by atoms with Gasteiger partial charge in [0.1, 0.15) is 6.04 Å². The van der Waals surface area contributed by atoms with Crippen molar-refractivity contribution in [3.63, 3.8) is 0 Å². The van der Waals surface area contributed by atoms with Crippen LogP contribution in [0.3, 0.4) is 0 Å². The van der Waals surface area contributed by atoms with Crippen LogP contribution in [0.25, 0.3) is 0 Å². The van der Waals surface area contributed by atoms with Crippen molar-refractivity contribution in [1.82, 2.24) is 10.6 Å². The summed E-state index contributed by atoms with van der Waals surface area (Å²) in [5.41, 5.74) is 2.11. The van der Waals surface area contributed by atoms with Crippen molar-refractivity contribution in [3.8, 4) is 0 Å². The number of hydrogen-bond donors (Lipinski definition) is 2. The SMILES string of the molecule is Cc1ccc(C2=NO[C@H](C(=O)N[C@@H](C)C(=O)NCc3cccc(C(F)(F)F)c3)C2)cc1. The molecule has 0 fully saturated rings. The van der Waals surface area contributed by atoms with Gasteiger partial charge in [0, 0.05) is 13.0 Å². The average Bonchev–Trinajstić information content (AvgIpc) is 3.22. The zero-order chi connectivity index (χ0) is 22.6. The van der Waals surface area contributed by atoms with Crippen molar-refractivity contribution in [2.75, 3.05) is 0 Å². The third-order valence-corrected chi connectivity index (χ3v) is 4.82. The third-order valence-electron chi connectivity index (χ3n) is 4.82. The molecule has 1 heterocycles. The molecular weight excluding hydrogens is 411 g/mol. The number of amides is 2. The molecule has 0 saturated heterocycles. The van der Waals surface area contributed by atoms with Gasteiger partial charge in [0.05, 0.1) is 11.3 Å². The lowest BCUT2D eigenvalue weighted by Gasteiger charge is -2.16. The number of hydrogen-bond acceptors (Lipinski definition) is 4. The Labute approximate surface area is 177 Å². The van der Waals surface area contributed by atoms with Gasteiger partial charge < -0.3 is 15.5 Å². The average molecular weight is 433 g/mol. The van der Waals surface area contributed by atoms with Crippen molar-refractivity contribution in [2.24, 2.45) is 5.16 Å². The lowest BCUT2D eigenvalue weighted by atomic mass is 10.0. The summed E-state index contributed by atoms with van der Waals surface area (Å²) in [5, 5.41) is 9.03. The molecule has 2 aromatic carbocycles. The maximum atomic E-state index is 12.8. The van der Waals surface area contributed by atoms with E-state index in [4.69, 9.17) is 4.84 Å². The van der Waals surface area contributed by atoms with E-state index in [0.717, 1.165) is 23.3 Å². The summed E-state index contributed by atoms with van der Waals surface area (Å²) >= 11 is 0. The maximum Gasteiger partial charge on any atom is 0.416 e. The highest BCUT2D eigenvalue weighted by molar-refractivity contribution is 6.04. The molecule has 0 unspecified atom stereocenters. The topological polar surface area (TPSA) is 79.8 Å². The first-order valence-electron chi connectivity index (χ1n) is 9.67. The van der Waals surface area contributed by atoms with Crippen LogP contribution in [-0.2, 0) is 27.1 Å². The molecule has 0 spiro atoms. The first-order chi connectivity index (χ1) is 14.6. The number of carbonyl (C=O) groups excluding carboxylic acids is 2. The largest absolute Gasteiger partial charge is 0.416 e. The second-order valence-corrected chi connectivity index (χ2v) is 7.35. The van der Waals surface area contributed by atoms with Gasteiger partial charge in [-0.1, -0.05) is 47.1 Å². The molecule has 2 N–H and O–H groups in total. The van der Waals surface area contributed by atoms with Crippen LogP contribution in [0.15, 0.2) is 53.7 Å². The molecule has 0 bridgehead atoms. The summed E-state index contributed by atoms with van der Waals surface area (Å²) in [6, 6.07) is 11.4. The van der Waals surface area contributed by atoms with Crippen molar-refractivity contribution >= 4 is 17.5 Å². The Kier molecular flexibility index (Phi) is 6.62. The smallest absolute Gasteiger partial charge is 0.382 e. The maximum absolute atomic E-state index is 12.8. The fourth-order valence-corrected chi connectivity index (χ4v) is 3.01. The van der Waals surface area contributed by atoms with Gasteiger partial charge in [-0.2, -0.15) is 13.2 Å². The highest BCUT2D eigenvalue weighted by Crippen LogP contribution is 2.29. The van der Waals surface area contributed by atoms with Crippen molar-refractivity contribution in [3.05, 3.63) is 70.8 Å². The predicted molar refractivity (Wildman–Crippen MR) is 108 cm³/mol. The molecule has 0 aromatic heterocycles. The molecule has 2 aromatic rings. The summed E-state index contributed by atoms with van der Waals surface area (Å²) in [6.45, 7) is 3.35. The van der Waals surface area contributed by atoms with E-state index in [9.17, 15) is 22.8 Å². The molecule has 0 saturated carbocycles. The lowest BCUT2D eigenvalue weighted by molar-refractivity contribution is -0.137. The van der Waals surface area contributed by atoms with Gasteiger partial charge in [-0.15, -0.1) is 0 Å². The minimum absolute atomic E-state index is 0.0937. The van der Waals surface area contributed by atoms with E-state index in [1.54, 1.807) is 0 Å². The summed E-state index contributed by atoms with van der Waals surface area (Å²) in [6.07, 6.45) is -5.04. The molecule has 1 aliphatic heterocycles. The van der Waals surface area contributed by atoms with Gasteiger partial charge in [-0.05, 0) is 37.1 Å². The number of halogens is 3. The van der Waals surface area contributed by atoms with Gasteiger partial charge in [-0.3, -0.25) is 9.59 Å². The van der Waals surface area contributed by atoms with Crippen molar-refractivity contribution in [2.45, 2.75) is 45.1 Å². The number of benzene rings is 2. The number of oxime groups is 1. The second-order valence-electron chi connectivity index (χ2n) is 7.35. The summed E-state index contributed by atoms with van der Waals surface area (Å²) in [7, 11) is 0. The first kappa shape index (κ1) is 22.3. The van der Waals surface area contributed by atoms with Crippen LogP contribution in [0.1, 0.15) is 35.6 Å². The van der Waals surface area contributed by atoms with Gasteiger partial charge in [0.25, 0.3) is 5.91 Å². The normalized spacial score (nSPS) is 16.8. The van der Waals surface area contributed by atoms with E-state index in [1.807, 2.05) is 31.2 Å². The predicted octanol–water partition coefficient (Wildman–Crippen LogP) is 3.33. The van der Waals surface area contributed by atoms with Crippen LogP contribution in [-0.4, -0.2) is 29.7 Å². The first-order valence-corrected chi connectivity index (χ1v) is 9.67. The number of rotatable bonds is 6. The quantitative estimate of drug-likeness (QED) is 0.734. The Morgan fingerprint density at radius 3 is 2.58 bits per heavy atom. The second kappa shape index (κ2) is 9.20. The molecule has 164 valence electrons. The number of carbonyl (C=O) groups is 2. The zero-order valence-electron chi connectivity index (χ0n) is 17.0. The number of nitrogens with zero attached hydrogens (tertiary/aromatic N) is 1. The van der Waals surface area contributed by atoms with E-state index in [1.165, 1.54) is 19.1 Å². The van der Waals surface area contributed by atoms with Crippen LogP contribution in [0.5, 0.6) is 0 Å². The van der Waals surface area contributed by atoms with Crippen molar-refractivity contribution < 1.29 is 27.6 Å². The lowest BCUT2D eigenvalue weighted by Crippen LogP contribution is -2.48. The molecule has 31 heavy (non-hydrogen) atoms. The molecule has 2 amide bonds. The van der Waals surface area contributed by atoms with Gasteiger partial charge in [0.15, 0.2) is 0 Å². The monoisotopic (exact) mass is 433 g/mol. The molecule has 0 aliphatic carbocycles. The fourth-order valence-electron chi connectivity index (χ4n) is 3.01. The Balaban J connectivity index is 1.49. The van der Waals surface area contributed by atoms with Crippen LogP contribution < -0.4 is 10.6 Å². The van der Waals surface area contributed by atoms with Gasteiger partial charge in [0.2, 0.25) is 12.0 Å². The Bertz CT molecular complexity index is 987. The minimum atomic E-state index is -4.46. The van der Waals surface area contributed by atoms with Crippen LogP contribution in [0, 0.1) is 6.92 Å².